The molecule has 0 unspecified atom stereocenters. The Labute approximate surface area is 190 Å². The van der Waals surface area contributed by atoms with E-state index in [1.165, 1.54) is 12.8 Å². The lowest BCUT2D eigenvalue weighted by Gasteiger charge is -2.25. The molecular formula is C24H27BrN2O4. The summed E-state index contributed by atoms with van der Waals surface area (Å²) in [6.07, 6.45) is 2.75. The minimum atomic E-state index is -1.01. The zero-order chi connectivity index (χ0) is 22.2. The lowest BCUT2D eigenvalue weighted by molar-refractivity contribution is 0.0565. The van der Waals surface area contributed by atoms with Crippen molar-refractivity contribution in [3.63, 3.8) is 0 Å². The number of halogens is 1. The molecule has 1 aliphatic carbocycles. The molecule has 1 heterocycles. The van der Waals surface area contributed by atoms with E-state index in [-0.39, 0.29) is 24.4 Å². The van der Waals surface area contributed by atoms with E-state index in [4.69, 9.17) is 4.74 Å². The highest BCUT2D eigenvalue weighted by Crippen LogP contribution is 2.39. The van der Waals surface area contributed by atoms with Crippen LogP contribution in [0.25, 0.3) is 0 Å². The maximum atomic E-state index is 13.4. The fraction of sp³-hybridized carbons (Fsp3) is 0.417. The molecule has 1 saturated carbocycles. The van der Waals surface area contributed by atoms with Gasteiger partial charge in [-0.25, -0.2) is 0 Å². The molecule has 0 spiro atoms. The first-order valence-electron chi connectivity index (χ1n) is 10.5. The molecule has 2 aliphatic rings. The van der Waals surface area contributed by atoms with Gasteiger partial charge in [-0.15, -0.1) is 0 Å². The molecule has 7 heteroatoms. The molecule has 1 saturated heterocycles. The molecule has 6 nitrogen and oxygen atoms in total. The normalized spacial score (nSPS) is 23.0. The molecule has 2 aromatic rings. The molecule has 1 aliphatic heterocycles. The van der Waals surface area contributed by atoms with E-state index < -0.39 is 5.60 Å². The number of benzene rings is 2. The molecule has 0 bridgehead atoms. The number of carbonyl (C=O) groups excluding carboxylic acids is 2. The third-order valence-electron chi connectivity index (χ3n) is 5.96. The highest BCUT2D eigenvalue weighted by atomic mass is 79.9. The van der Waals surface area contributed by atoms with Crippen LogP contribution in [0.2, 0.25) is 0 Å². The average Bonchev–Trinajstić information content (AvgIpc) is 3.53. The fourth-order valence-corrected chi connectivity index (χ4v) is 4.49. The Bertz CT molecular complexity index is 1000. The van der Waals surface area contributed by atoms with Crippen molar-refractivity contribution in [3.05, 3.63) is 63.6 Å². The Balaban J connectivity index is 1.59. The molecule has 0 radical (unpaired) electrons. The van der Waals surface area contributed by atoms with Gasteiger partial charge >= 0.3 is 0 Å². The number of hydrogen-bond donors (Lipinski definition) is 2. The number of rotatable bonds is 6. The first-order chi connectivity index (χ1) is 14.8. The second kappa shape index (κ2) is 8.63. The zero-order valence-electron chi connectivity index (χ0n) is 17.7. The third-order valence-corrected chi connectivity index (χ3v) is 6.62. The number of ether oxygens (including phenoxy) is 1. The Morgan fingerprint density at radius 1 is 1.23 bits per heavy atom. The topological polar surface area (TPSA) is 78.9 Å². The third kappa shape index (κ3) is 4.93. The van der Waals surface area contributed by atoms with E-state index in [1.54, 1.807) is 43.2 Å². The smallest absolute Gasteiger partial charge is 0.254 e. The van der Waals surface area contributed by atoms with Crippen LogP contribution in [-0.2, 0) is 0 Å². The first kappa shape index (κ1) is 21.8. The predicted octanol–water partition coefficient (Wildman–Crippen LogP) is 3.94. The van der Waals surface area contributed by atoms with Crippen LogP contribution in [0.15, 0.2) is 46.9 Å². The Kier molecular flexibility index (Phi) is 6.08. The number of β-amino-alcohol motifs (C(OH)–C–C–N with tert-alkyl or cyclic N) is 1. The lowest BCUT2D eigenvalue weighted by Crippen LogP contribution is -2.35. The van der Waals surface area contributed by atoms with Crippen molar-refractivity contribution in [1.29, 1.82) is 0 Å². The molecular weight excluding hydrogens is 460 g/mol. The molecule has 2 N–H and O–H groups in total. The largest absolute Gasteiger partial charge is 0.496 e. The van der Waals surface area contributed by atoms with Crippen LogP contribution in [0.3, 0.4) is 0 Å². The standard InChI is InChI=1S/C24H27BrN2O4/c1-24(30)12-20(16-4-3-5-17(10-16)22(28)26-13-15-6-7-15)27(14-24)23(29)18-8-9-19(25)21(11-18)31-2/h3-5,8-11,15,20,30H,6-7,12-14H2,1-2H3,(H,26,28)/t20-,24-/m1/s1. The molecule has 2 aromatic carbocycles. The van der Waals surface area contributed by atoms with Crippen molar-refractivity contribution in [3.8, 4) is 5.75 Å². The highest BCUT2D eigenvalue weighted by Gasteiger charge is 2.42. The minimum absolute atomic E-state index is 0.103. The number of hydrogen-bond acceptors (Lipinski definition) is 4. The van der Waals surface area contributed by atoms with Crippen LogP contribution < -0.4 is 10.1 Å². The molecule has 31 heavy (non-hydrogen) atoms. The van der Waals surface area contributed by atoms with Gasteiger partial charge in [-0.05, 0) is 77.5 Å². The second-order valence-corrected chi connectivity index (χ2v) is 9.63. The molecule has 164 valence electrons. The van der Waals surface area contributed by atoms with E-state index in [2.05, 4.69) is 21.2 Å². The summed E-state index contributed by atoms with van der Waals surface area (Å²) >= 11 is 3.41. The Morgan fingerprint density at radius 2 is 2.00 bits per heavy atom. The summed E-state index contributed by atoms with van der Waals surface area (Å²) < 4.78 is 6.09. The summed E-state index contributed by atoms with van der Waals surface area (Å²) in [6, 6.07) is 12.2. The van der Waals surface area contributed by atoms with E-state index in [0.29, 0.717) is 35.8 Å². The summed E-state index contributed by atoms with van der Waals surface area (Å²) in [6.45, 7) is 2.66. The average molecular weight is 487 g/mol. The summed E-state index contributed by atoms with van der Waals surface area (Å²) in [5, 5.41) is 13.7. The maximum absolute atomic E-state index is 13.4. The number of methoxy groups -OCH3 is 1. The number of aliphatic hydroxyl groups is 1. The van der Waals surface area contributed by atoms with Crippen LogP contribution in [0.4, 0.5) is 0 Å². The van der Waals surface area contributed by atoms with Gasteiger partial charge in [0.05, 0.1) is 29.8 Å². The molecule has 4 rings (SSSR count). The SMILES string of the molecule is COc1cc(C(=O)N2C[C@](C)(O)C[C@@H]2c2cccc(C(=O)NCC3CC3)c2)ccc1Br. The van der Waals surface area contributed by atoms with Gasteiger partial charge in [0.25, 0.3) is 11.8 Å². The Hall–Kier alpha value is -2.38. The molecule has 2 amide bonds. The van der Waals surface area contributed by atoms with Crippen molar-refractivity contribution in [2.75, 3.05) is 20.2 Å². The quantitative estimate of drug-likeness (QED) is 0.647. The molecule has 2 atom stereocenters. The summed E-state index contributed by atoms with van der Waals surface area (Å²) in [5.74, 6) is 0.891. The Morgan fingerprint density at radius 3 is 2.71 bits per heavy atom. The van der Waals surface area contributed by atoms with Crippen LogP contribution in [0.1, 0.15) is 58.5 Å². The highest BCUT2D eigenvalue weighted by molar-refractivity contribution is 9.10. The van der Waals surface area contributed by atoms with Crippen LogP contribution >= 0.6 is 15.9 Å². The number of nitrogens with zero attached hydrogens (tertiary/aromatic N) is 1. The van der Waals surface area contributed by atoms with E-state index in [9.17, 15) is 14.7 Å². The van der Waals surface area contributed by atoms with Crippen molar-refractivity contribution in [1.82, 2.24) is 10.2 Å². The van der Waals surface area contributed by atoms with Crippen LogP contribution in [0, 0.1) is 5.92 Å². The minimum Gasteiger partial charge on any atom is -0.496 e. The van der Waals surface area contributed by atoms with E-state index in [1.807, 2.05) is 18.2 Å². The monoisotopic (exact) mass is 486 g/mol. The van der Waals surface area contributed by atoms with Gasteiger partial charge in [-0.2, -0.15) is 0 Å². The van der Waals surface area contributed by atoms with E-state index in [0.717, 1.165) is 10.0 Å². The van der Waals surface area contributed by atoms with Crippen molar-refractivity contribution >= 4 is 27.7 Å². The number of carbonyl (C=O) groups is 2. The number of nitrogens with one attached hydrogen (secondary N) is 1. The van der Waals surface area contributed by atoms with Crippen molar-refractivity contribution in [2.24, 2.45) is 5.92 Å². The fourth-order valence-electron chi connectivity index (χ4n) is 4.09. The van der Waals surface area contributed by atoms with Crippen molar-refractivity contribution < 1.29 is 19.4 Å². The second-order valence-electron chi connectivity index (χ2n) is 8.78. The summed E-state index contributed by atoms with van der Waals surface area (Å²) in [4.78, 5) is 27.6. The predicted molar refractivity (Wildman–Crippen MR) is 121 cm³/mol. The van der Waals surface area contributed by atoms with Crippen LogP contribution in [-0.4, -0.2) is 47.6 Å². The lowest BCUT2D eigenvalue weighted by atomic mass is 9.96. The molecule has 0 aromatic heterocycles. The van der Waals surface area contributed by atoms with E-state index >= 15 is 0 Å². The zero-order valence-corrected chi connectivity index (χ0v) is 19.3. The van der Waals surface area contributed by atoms with Gasteiger partial charge < -0.3 is 20.1 Å². The number of amides is 2. The first-order valence-corrected chi connectivity index (χ1v) is 11.3. The van der Waals surface area contributed by atoms with Gasteiger partial charge in [0.2, 0.25) is 0 Å². The maximum Gasteiger partial charge on any atom is 0.254 e. The van der Waals surface area contributed by atoms with Gasteiger partial charge in [0.1, 0.15) is 5.75 Å². The van der Waals surface area contributed by atoms with Crippen LogP contribution in [0.5, 0.6) is 5.75 Å². The number of likely N-dealkylation sites (tertiary alicyclic amines) is 1. The van der Waals surface area contributed by atoms with Gasteiger partial charge in [-0.1, -0.05) is 12.1 Å². The van der Waals surface area contributed by atoms with Crippen molar-refractivity contribution in [2.45, 2.75) is 37.8 Å². The van der Waals surface area contributed by atoms with Gasteiger partial charge in [0, 0.05) is 24.1 Å². The van der Waals surface area contributed by atoms with Gasteiger partial charge in [-0.3, -0.25) is 9.59 Å². The summed E-state index contributed by atoms with van der Waals surface area (Å²) in [5.41, 5.74) is 0.891. The van der Waals surface area contributed by atoms with Gasteiger partial charge in [0.15, 0.2) is 0 Å². The molecule has 2 fully saturated rings. The summed E-state index contributed by atoms with van der Waals surface area (Å²) in [7, 11) is 1.55.